The molecule has 0 aromatic heterocycles. The van der Waals surface area contributed by atoms with Crippen LogP contribution in [-0.4, -0.2) is 11.0 Å². The van der Waals surface area contributed by atoms with Crippen molar-refractivity contribution in [2.24, 2.45) is 0 Å². The van der Waals surface area contributed by atoms with Gasteiger partial charge in [0.05, 0.1) is 0 Å². The minimum absolute atomic E-state index is 0. The Morgan fingerprint density at radius 2 is 1.80 bits per heavy atom. The van der Waals surface area contributed by atoms with Gasteiger partial charge in [-0.15, -0.1) is 0 Å². The molecule has 0 amide bonds. The van der Waals surface area contributed by atoms with Crippen LogP contribution in [0.3, 0.4) is 0 Å². The second-order valence-corrected chi connectivity index (χ2v) is 1.91. The highest BCUT2D eigenvalue weighted by atomic mass is 16.0. The highest BCUT2D eigenvalue weighted by Crippen LogP contribution is 2.03. The molecule has 0 unspecified atom stereocenters. The first-order chi connectivity index (χ1) is 3.79. The molecule has 0 heterocycles. The summed E-state index contributed by atoms with van der Waals surface area (Å²) in [6.07, 6.45) is 0. The molecule has 3 heteroatoms. The SMILES string of the molecule is Cc1cccc(N)c1.O.O. The van der Waals surface area contributed by atoms with Crippen molar-refractivity contribution in [2.45, 2.75) is 6.92 Å². The lowest BCUT2D eigenvalue weighted by Crippen LogP contribution is -1.82. The molecule has 3 nitrogen and oxygen atoms in total. The zero-order valence-electron chi connectivity index (χ0n) is 5.89. The van der Waals surface area contributed by atoms with Gasteiger partial charge in [0.15, 0.2) is 0 Å². The standard InChI is InChI=1S/C7H9N.2H2O/c1-6-3-2-4-7(8)5-6;;/h2-5H,8H2,1H3;2*1H2. The number of aryl methyl sites for hydroxylation is 1. The second-order valence-electron chi connectivity index (χ2n) is 1.91. The van der Waals surface area contributed by atoms with Crippen molar-refractivity contribution in [3.05, 3.63) is 29.8 Å². The molecular weight excluding hydrogens is 130 g/mol. The molecule has 10 heavy (non-hydrogen) atoms. The molecule has 0 spiro atoms. The summed E-state index contributed by atoms with van der Waals surface area (Å²) in [7, 11) is 0. The van der Waals surface area contributed by atoms with Crippen LogP contribution in [0.5, 0.6) is 0 Å². The maximum absolute atomic E-state index is 5.46. The highest BCUT2D eigenvalue weighted by molar-refractivity contribution is 5.39. The zero-order valence-corrected chi connectivity index (χ0v) is 5.89. The van der Waals surface area contributed by atoms with Crippen molar-refractivity contribution in [3.8, 4) is 0 Å². The predicted molar refractivity (Wildman–Crippen MR) is 42.8 cm³/mol. The van der Waals surface area contributed by atoms with Gasteiger partial charge in [0.2, 0.25) is 0 Å². The van der Waals surface area contributed by atoms with Gasteiger partial charge in [0.25, 0.3) is 0 Å². The lowest BCUT2D eigenvalue weighted by Gasteiger charge is -1.91. The van der Waals surface area contributed by atoms with Crippen LogP contribution in [0.1, 0.15) is 5.56 Å². The Labute approximate surface area is 60.1 Å². The van der Waals surface area contributed by atoms with Crippen molar-refractivity contribution in [1.29, 1.82) is 0 Å². The number of nitrogens with two attached hydrogens (primary N) is 1. The highest BCUT2D eigenvalue weighted by Gasteiger charge is 1.81. The van der Waals surface area contributed by atoms with E-state index < -0.39 is 0 Å². The van der Waals surface area contributed by atoms with Crippen LogP contribution < -0.4 is 5.73 Å². The normalized spacial score (nSPS) is 7.30. The molecule has 1 aromatic carbocycles. The summed E-state index contributed by atoms with van der Waals surface area (Å²) >= 11 is 0. The second kappa shape index (κ2) is 4.78. The molecule has 0 atom stereocenters. The van der Waals surface area contributed by atoms with E-state index in [1.807, 2.05) is 31.2 Å². The first kappa shape index (κ1) is 11.7. The van der Waals surface area contributed by atoms with Gasteiger partial charge in [-0.1, -0.05) is 12.1 Å². The van der Waals surface area contributed by atoms with Gasteiger partial charge in [-0.2, -0.15) is 0 Å². The van der Waals surface area contributed by atoms with Crippen molar-refractivity contribution in [2.75, 3.05) is 5.73 Å². The Morgan fingerprint density at radius 1 is 1.20 bits per heavy atom. The molecular formula is C7H13NO2. The largest absolute Gasteiger partial charge is 0.412 e. The minimum Gasteiger partial charge on any atom is -0.412 e. The molecule has 0 aliphatic heterocycles. The lowest BCUT2D eigenvalue weighted by atomic mass is 10.2. The third kappa shape index (κ3) is 3.06. The molecule has 0 bridgehead atoms. The Hall–Kier alpha value is -1.06. The fourth-order valence-electron chi connectivity index (χ4n) is 0.670. The van der Waals surface area contributed by atoms with Gasteiger partial charge >= 0.3 is 0 Å². The molecule has 0 radical (unpaired) electrons. The Balaban J connectivity index is 0. The van der Waals surface area contributed by atoms with Crippen LogP contribution in [0.15, 0.2) is 24.3 Å². The van der Waals surface area contributed by atoms with Crippen LogP contribution in [-0.2, 0) is 0 Å². The molecule has 0 aliphatic rings. The van der Waals surface area contributed by atoms with E-state index in [1.54, 1.807) is 0 Å². The van der Waals surface area contributed by atoms with E-state index in [0.717, 1.165) is 5.69 Å². The van der Waals surface area contributed by atoms with Crippen LogP contribution >= 0.6 is 0 Å². The molecule has 58 valence electrons. The summed E-state index contributed by atoms with van der Waals surface area (Å²) in [6.45, 7) is 2.02. The van der Waals surface area contributed by atoms with E-state index in [1.165, 1.54) is 5.56 Å². The lowest BCUT2D eigenvalue weighted by molar-refractivity contribution is 0.823. The van der Waals surface area contributed by atoms with Gasteiger partial charge in [0, 0.05) is 5.69 Å². The smallest absolute Gasteiger partial charge is 0.0316 e. The van der Waals surface area contributed by atoms with E-state index in [2.05, 4.69) is 0 Å². The van der Waals surface area contributed by atoms with Crippen LogP contribution in [0, 0.1) is 6.92 Å². The Kier molecular flexibility index (Phi) is 5.60. The third-order valence-corrected chi connectivity index (χ3v) is 1.04. The fraction of sp³-hybridized carbons (Fsp3) is 0.143. The third-order valence-electron chi connectivity index (χ3n) is 1.04. The van der Waals surface area contributed by atoms with Crippen molar-refractivity contribution < 1.29 is 11.0 Å². The van der Waals surface area contributed by atoms with Crippen molar-refractivity contribution in [1.82, 2.24) is 0 Å². The summed E-state index contributed by atoms with van der Waals surface area (Å²) < 4.78 is 0. The number of hydrogen-bond donors (Lipinski definition) is 1. The average Bonchev–Trinajstić information content (AvgIpc) is 1.64. The van der Waals surface area contributed by atoms with Crippen LogP contribution in [0.2, 0.25) is 0 Å². The van der Waals surface area contributed by atoms with Gasteiger partial charge in [-0.05, 0) is 24.6 Å². The van der Waals surface area contributed by atoms with Gasteiger partial charge < -0.3 is 16.7 Å². The number of hydrogen-bond acceptors (Lipinski definition) is 1. The first-order valence-electron chi connectivity index (χ1n) is 2.61. The molecule has 6 N–H and O–H groups in total. The van der Waals surface area contributed by atoms with E-state index >= 15 is 0 Å². The van der Waals surface area contributed by atoms with E-state index in [4.69, 9.17) is 5.73 Å². The summed E-state index contributed by atoms with van der Waals surface area (Å²) in [5.41, 5.74) is 7.51. The molecule has 0 saturated heterocycles. The quantitative estimate of drug-likeness (QED) is 0.506. The van der Waals surface area contributed by atoms with Gasteiger partial charge in [-0.25, -0.2) is 0 Å². The molecule has 0 fully saturated rings. The summed E-state index contributed by atoms with van der Waals surface area (Å²) in [6, 6.07) is 7.80. The summed E-state index contributed by atoms with van der Waals surface area (Å²) in [4.78, 5) is 0. The maximum Gasteiger partial charge on any atom is 0.0316 e. The number of anilines is 1. The number of nitrogen functional groups attached to an aromatic ring is 1. The fourth-order valence-corrected chi connectivity index (χ4v) is 0.670. The minimum atomic E-state index is 0. The molecule has 0 saturated carbocycles. The summed E-state index contributed by atoms with van der Waals surface area (Å²) in [5, 5.41) is 0. The van der Waals surface area contributed by atoms with Gasteiger partial charge in [-0.3, -0.25) is 0 Å². The monoisotopic (exact) mass is 143 g/mol. The van der Waals surface area contributed by atoms with Gasteiger partial charge in [0.1, 0.15) is 0 Å². The Morgan fingerprint density at radius 3 is 2.10 bits per heavy atom. The van der Waals surface area contributed by atoms with E-state index in [-0.39, 0.29) is 11.0 Å². The molecule has 1 rings (SSSR count). The first-order valence-corrected chi connectivity index (χ1v) is 2.61. The van der Waals surface area contributed by atoms with E-state index in [0.29, 0.717) is 0 Å². The predicted octanol–water partition coefficient (Wildman–Crippen LogP) is -0.0722. The molecule has 0 aliphatic carbocycles. The Bertz CT molecular complexity index is 171. The van der Waals surface area contributed by atoms with Crippen molar-refractivity contribution >= 4 is 5.69 Å². The van der Waals surface area contributed by atoms with Crippen LogP contribution in [0.25, 0.3) is 0 Å². The van der Waals surface area contributed by atoms with Crippen LogP contribution in [0.4, 0.5) is 5.69 Å². The zero-order chi connectivity index (χ0) is 5.98. The average molecular weight is 143 g/mol. The molecule has 1 aromatic rings. The number of benzene rings is 1. The maximum atomic E-state index is 5.46. The number of rotatable bonds is 0. The topological polar surface area (TPSA) is 89.0 Å². The van der Waals surface area contributed by atoms with Crippen molar-refractivity contribution in [3.63, 3.8) is 0 Å². The summed E-state index contributed by atoms with van der Waals surface area (Å²) in [5.74, 6) is 0. The van der Waals surface area contributed by atoms with E-state index in [9.17, 15) is 0 Å².